The Bertz CT molecular complexity index is 1090. The number of likely N-dealkylation sites (tertiary alicyclic amines) is 1. The van der Waals surface area contributed by atoms with Crippen molar-refractivity contribution in [3.63, 3.8) is 0 Å². The fourth-order valence-electron chi connectivity index (χ4n) is 3.90. The first-order valence-corrected chi connectivity index (χ1v) is 11.1. The van der Waals surface area contributed by atoms with Crippen molar-refractivity contribution in [2.24, 2.45) is 0 Å². The third-order valence-corrected chi connectivity index (χ3v) is 5.81. The second kappa shape index (κ2) is 11.0. The van der Waals surface area contributed by atoms with Gasteiger partial charge in [-0.2, -0.15) is 0 Å². The Hall–Kier alpha value is -3.63. The summed E-state index contributed by atoms with van der Waals surface area (Å²) >= 11 is 5.92. The van der Waals surface area contributed by atoms with Crippen LogP contribution >= 0.6 is 11.6 Å². The van der Waals surface area contributed by atoms with Gasteiger partial charge in [-0.25, -0.2) is 4.79 Å². The van der Waals surface area contributed by atoms with Crippen molar-refractivity contribution < 1.29 is 18.8 Å². The third-order valence-electron chi connectivity index (χ3n) is 5.56. The topological polar surface area (TPSA) is 122 Å². The first kappa shape index (κ1) is 23.5. The number of ether oxygens (including phenoxy) is 1. The lowest BCUT2D eigenvalue weighted by Gasteiger charge is -2.38. The Morgan fingerprint density at radius 3 is 2.68 bits per heavy atom. The van der Waals surface area contributed by atoms with E-state index in [4.69, 9.17) is 20.9 Å². The molecule has 0 bridgehead atoms. The monoisotopic (exact) mass is 484 g/mol. The zero-order valence-electron chi connectivity index (χ0n) is 18.5. The Morgan fingerprint density at radius 1 is 1.18 bits per heavy atom. The highest BCUT2D eigenvalue weighted by molar-refractivity contribution is 6.30. The van der Waals surface area contributed by atoms with Crippen LogP contribution in [0.5, 0.6) is 5.75 Å². The van der Waals surface area contributed by atoms with E-state index in [2.05, 4.69) is 26.1 Å². The van der Waals surface area contributed by atoms with E-state index in [1.165, 1.54) is 6.26 Å². The maximum absolute atomic E-state index is 12.7. The molecule has 11 heteroatoms. The van der Waals surface area contributed by atoms with Gasteiger partial charge in [0.15, 0.2) is 5.82 Å². The summed E-state index contributed by atoms with van der Waals surface area (Å²) in [5.41, 5.74) is 1.45. The normalized spacial score (nSPS) is 18.2. The van der Waals surface area contributed by atoms with Gasteiger partial charge >= 0.3 is 6.03 Å². The minimum Gasteiger partial charge on any atom is -0.495 e. The second-order valence-electron chi connectivity index (χ2n) is 7.90. The van der Waals surface area contributed by atoms with Crippen LogP contribution in [-0.4, -0.2) is 59.8 Å². The summed E-state index contributed by atoms with van der Waals surface area (Å²) in [6.45, 7) is 1.35. The fourth-order valence-corrected chi connectivity index (χ4v) is 4.02. The Kier molecular flexibility index (Phi) is 7.61. The lowest BCUT2D eigenvalue weighted by atomic mass is 9.88. The van der Waals surface area contributed by atoms with Gasteiger partial charge in [-0.05, 0) is 42.8 Å². The number of methoxy groups -OCH3 is 1. The predicted octanol–water partition coefficient (Wildman–Crippen LogP) is 3.35. The number of pyridine rings is 1. The second-order valence-corrected chi connectivity index (χ2v) is 8.33. The number of nitrogens with zero attached hydrogens (tertiary/aromatic N) is 3. The van der Waals surface area contributed by atoms with Crippen LogP contribution < -0.4 is 20.7 Å². The van der Waals surface area contributed by atoms with Gasteiger partial charge in [-0.3, -0.25) is 14.7 Å². The number of rotatable bonds is 7. The first-order valence-electron chi connectivity index (χ1n) is 10.8. The van der Waals surface area contributed by atoms with Gasteiger partial charge in [0.05, 0.1) is 19.9 Å². The molecule has 3 aromatic rings. The number of carbonyl (C=O) groups is 2. The molecule has 34 heavy (non-hydrogen) atoms. The molecule has 3 N–H and O–H groups in total. The summed E-state index contributed by atoms with van der Waals surface area (Å²) < 4.78 is 9.97. The number of hydrogen-bond donors (Lipinski definition) is 3. The molecule has 2 atom stereocenters. The minimum absolute atomic E-state index is 0.129. The van der Waals surface area contributed by atoms with E-state index < -0.39 is 0 Å². The van der Waals surface area contributed by atoms with E-state index in [0.29, 0.717) is 41.8 Å². The van der Waals surface area contributed by atoms with Gasteiger partial charge in [0, 0.05) is 47.5 Å². The fraction of sp³-hybridized carbons (Fsp3) is 0.304. The van der Waals surface area contributed by atoms with E-state index in [1.54, 1.807) is 43.6 Å². The maximum atomic E-state index is 12.7. The summed E-state index contributed by atoms with van der Waals surface area (Å²) in [6.07, 6.45) is 3.69. The van der Waals surface area contributed by atoms with Crippen LogP contribution in [-0.2, 0) is 4.79 Å². The largest absolute Gasteiger partial charge is 0.495 e. The average Bonchev–Trinajstić information content (AvgIpc) is 3.34. The molecule has 2 unspecified atom stereocenters. The highest BCUT2D eigenvalue weighted by Crippen LogP contribution is 2.27. The molecule has 1 aliphatic heterocycles. The lowest BCUT2D eigenvalue weighted by Crippen LogP contribution is -2.52. The molecule has 1 aliphatic rings. The molecular weight excluding hydrogens is 460 g/mol. The number of carbonyl (C=O) groups excluding carboxylic acids is 2. The van der Waals surface area contributed by atoms with Gasteiger partial charge in [-0.15, -0.1) is 0 Å². The number of nitrogens with one attached hydrogen (secondary N) is 3. The number of anilines is 2. The summed E-state index contributed by atoms with van der Waals surface area (Å²) in [5, 5.41) is 12.9. The molecule has 1 aromatic carbocycles. The number of aromatic nitrogens is 2. The molecule has 1 fully saturated rings. The van der Waals surface area contributed by atoms with Crippen molar-refractivity contribution in [3.8, 4) is 5.75 Å². The van der Waals surface area contributed by atoms with Crippen LogP contribution in [0.3, 0.4) is 0 Å². The molecule has 3 amide bonds. The number of hydrogen-bond acceptors (Lipinski definition) is 7. The van der Waals surface area contributed by atoms with Crippen LogP contribution in [0.1, 0.15) is 18.0 Å². The summed E-state index contributed by atoms with van der Waals surface area (Å²) in [7, 11) is 1.58. The van der Waals surface area contributed by atoms with Gasteiger partial charge in [-0.1, -0.05) is 16.8 Å². The van der Waals surface area contributed by atoms with Crippen molar-refractivity contribution in [2.45, 2.75) is 18.4 Å². The average molecular weight is 485 g/mol. The third kappa shape index (κ3) is 6.24. The highest BCUT2D eigenvalue weighted by atomic mass is 35.5. The maximum Gasteiger partial charge on any atom is 0.319 e. The minimum atomic E-state index is -0.317. The molecule has 0 radical (unpaired) electrons. The molecule has 10 nitrogen and oxygen atoms in total. The smallest absolute Gasteiger partial charge is 0.319 e. The number of halogens is 1. The SMILES string of the molecule is COc1ccc(C2CN(CC(=O)Nc3ccon3)CCC2NC(=O)Nc2ccc(Cl)cc2)nc1. The van der Waals surface area contributed by atoms with Crippen LogP contribution in [0.2, 0.25) is 5.02 Å². The van der Waals surface area contributed by atoms with Crippen LogP contribution in [0.4, 0.5) is 16.3 Å². The first-order chi connectivity index (χ1) is 16.5. The number of benzene rings is 1. The zero-order valence-corrected chi connectivity index (χ0v) is 19.3. The van der Waals surface area contributed by atoms with Crippen molar-refractivity contribution >= 4 is 35.0 Å². The summed E-state index contributed by atoms with van der Waals surface area (Å²) in [6, 6.07) is 11.7. The predicted molar refractivity (Wildman–Crippen MR) is 127 cm³/mol. The summed E-state index contributed by atoms with van der Waals surface area (Å²) in [5.74, 6) is 0.694. The van der Waals surface area contributed by atoms with Crippen molar-refractivity contribution in [1.29, 1.82) is 0 Å². The van der Waals surface area contributed by atoms with Gasteiger partial charge in [0.2, 0.25) is 5.91 Å². The van der Waals surface area contributed by atoms with E-state index in [-0.39, 0.29) is 30.4 Å². The van der Waals surface area contributed by atoms with E-state index in [1.807, 2.05) is 17.0 Å². The van der Waals surface area contributed by atoms with Crippen LogP contribution in [0.25, 0.3) is 0 Å². The molecule has 2 aromatic heterocycles. The zero-order chi connectivity index (χ0) is 23.9. The van der Waals surface area contributed by atoms with E-state index in [0.717, 1.165) is 5.69 Å². The standard InChI is InChI=1S/C23H25ClN6O4/c1-33-17-6-7-19(25-12-17)18-13-30(14-22(31)28-21-9-11-34-29-21)10-8-20(18)27-23(32)26-16-4-2-15(24)3-5-16/h2-7,9,11-12,18,20H,8,10,13-14H2,1H3,(H2,26,27,32)(H,28,29,31). The molecule has 3 heterocycles. The van der Waals surface area contributed by atoms with Crippen molar-refractivity contribution in [2.75, 3.05) is 37.4 Å². The molecular formula is C23H25ClN6O4. The quantitative estimate of drug-likeness (QED) is 0.470. The van der Waals surface area contributed by atoms with Gasteiger partial charge in [0.25, 0.3) is 0 Å². The molecule has 178 valence electrons. The number of amides is 3. The van der Waals surface area contributed by atoms with Crippen LogP contribution in [0.15, 0.2) is 59.4 Å². The van der Waals surface area contributed by atoms with Crippen molar-refractivity contribution in [3.05, 3.63) is 65.6 Å². The molecule has 0 aliphatic carbocycles. The molecule has 1 saturated heterocycles. The Morgan fingerprint density at radius 2 is 2.00 bits per heavy atom. The molecule has 4 rings (SSSR count). The Balaban J connectivity index is 1.43. The molecule has 0 spiro atoms. The van der Waals surface area contributed by atoms with Gasteiger partial charge in [0.1, 0.15) is 12.0 Å². The van der Waals surface area contributed by atoms with Crippen molar-refractivity contribution in [1.82, 2.24) is 20.4 Å². The molecule has 0 saturated carbocycles. The summed E-state index contributed by atoms with van der Waals surface area (Å²) in [4.78, 5) is 31.7. The highest BCUT2D eigenvalue weighted by Gasteiger charge is 2.33. The van der Waals surface area contributed by atoms with Gasteiger partial charge < -0.3 is 25.2 Å². The Labute approximate surface area is 201 Å². The van der Waals surface area contributed by atoms with E-state index >= 15 is 0 Å². The number of piperidine rings is 1. The van der Waals surface area contributed by atoms with Crippen LogP contribution in [0, 0.1) is 0 Å². The van der Waals surface area contributed by atoms with E-state index in [9.17, 15) is 9.59 Å². The lowest BCUT2D eigenvalue weighted by molar-refractivity contribution is -0.117. The number of urea groups is 1.